The molecule has 5 N–H and O–H groups in total. The molecule has 3 amide bonds. The van der Waals surface area contributed by atoms with Gasteiger partial charge in [-0.1, -0.05) is 19.1 Å². The van der Waals surface area contributed by atoms with Gasteiger partial charge in [-0.05, 0) is 92.1 Å². The Kier molecular flexibility index (Phi) is 11.2. The Labute approximate surface area is 374 Å². The van der Waals surface area contributed by atoms with Gasteiger partial charge in [0, 0.05) is 87.5 Å². The Morgan fingerprint density at radius 2 is 1.75 bits per heavy atom. The largest absolute Gasteiger partial charge is 0.384 e. The minimum Gasteiger partial charge on any atom is -0.384 e. The normalized spacial score (nSPS) is 21.4. The van der Waals surface area contributed by atoms with Crippen LogP contribution >= 0.6 is 0 Å². The maximum Gasteiger partial charge on any atom is 0.278 e. The zero-order valence-corrected chi connectivity index (χ0v) is 36.4. The fourth-order valence-electron chi connectivity index (χ4n) is 10.1. The number of nitrogens with one attached hydrogen (secondary N) is 4. The first-order valence-corrected chi connectivity index (χ1v) is 22.6. The summed E-state index contributed by atoms with van der Waals surface area (Å²) in [6, 6.07) is 14.8. The predicted octanol–water partition coefficient (Wildman–Crippen LogP) is 3.71. The number of hydrogen-bond donors (Lipinski definition) is 5. The Bertz CT molecular complexity index is 2760. The van der Waals surface area contributed by atoms with Gasteiger partial charge in [0.1, 0.15) is 22.8 Å². The number of carbonyl (C=O) groups excluding carboxylic acids is 3. The molecule has 18 heteroatoms. The number of likely N-dealkylation sites (tertiary alicyclic amines) is 1. The summed E-state index contributed by atoms with van der Waals surface area (Å²) < 4.78 is 18.6. The Balaban J connectivity index is 0.685. The lowest BCUT2D eigenvalue weighted by Gasteiger charge is -2.48. The third kappa shape index (κ3) is 7.92. The number of fused-ring (bicyclic) bond motifs is 3. The first-order valence-electron chi connectivity index (χ1n) is 22.6. The molecule has 338 valence electrons. The van der Waals surface area contributed by atoms with E-state index in [0.717, 1.165) is 62.4 Å². The highest BCUT2D eigenvalue weighted by molar-refractivity contribution is 6.05. The second kappa shape index (κ2) is 17.1. The minimum absolute atomic E-state index is 0.174. The lowest BCUT2D eigenvalue weighted by atomic mass is 9.98. The smallest absolute Gasteiger partial charge is 0.278 e. The standard InChI is InChI=1S/C47H53FN12O5/c1-3-19-59-45(64)35-24-51-46(55-42(35)60(59)39-11-5-28-13-16-47(65,4-2)41(28)53-39)52-32-8-6-30(7-9-32)49-17-18-50-31-14-20-56(21-15-31)33-26-57(27-33)38-22-29-25-58(44(63)34(29)23-36(38)48)37-10-12-40(61)54-43(37)62/h3,5-9,11,22-24,31,33,37,49-50,65H,1,4,10,12-21,25-27H2,2H3,(H,51,52,55)(H,54,61,62)/t37?,47-/m0/s1. The highest BCUT2D eigenvalue weighted by Crippen LogP contribution is 2.39. The highest BCUT2D eigenvalue weighted by Gasteiger charge is 2.42. The fraction of sp³-hybridized carbons (Fsp3) is 0.426. The number of amides is 3. The van der Waals surface area contributed by atoms with E-state index in [1.54, 1.807) is 16.8 Å². The first-order chi connectivity index (χ1) is 31.5. The van der Waals surface area contributed by atoms with Crippen molar-refractivity contribution in [2.75, 3.05) is 54.8 Å². The third-order valence-electron chi connectivity index (χ3n) is 13.9. The summed E-state index contributed by atoms with van der Waals surface area (Å²) in [6.07, 6.45) is 7.58. The van der Waals surface area contributed by atoms with Gasteiger partial charge < -0.3 is 30.9 Å². The number of nitrogens with zero attached hydrogens (tertiary/aromatic N) is 8. The van der Waals surface area contributed by atoms with Crippen LogP contribution in [0.2, 0.25) is 0 Å². The van der Waals surface area contributed by atoms with Crippen LogP contribution < -0.4 is 31.7 Å². The second-order valence-electron chi connectivity index (χ2n) is 17.8. The number of aryl methyl sites for hydroxylation is 1. The summed E-state index contributed by atoms with van der Waals surface area (Å²) in [4.78, 5) is 70.7. The molecule has 0 bridgehead atoms. The summed E-state index contributed by atoms with van der Waals surface area (Å²) in [5.41, 5.74) is 4.03. The van der Waals surface area contributed by atoms with E-state index < -0.39 is 23.4 Å². The molecule has 65 heavy (non-hydrogen) atoms. The lowest BCUT2D eigenvalue weighted by Crippen LogP contribution is -2.62. The molecule has 3 fully saturated rings. The zero-order chi connectivity index (χ0) is 45.0. The number of imide groups is 1. The van der Waals surface area contributed by atoms with E-state index in [2.05, 4.69) is 37.7 Å². The number of aliphatic hydroxyl groups is 1. The van der Waals surface area contributed by atoms with Crippen LogP contribution in [-0.4, -0.2) is 114 Å². The lowest BCUT2D eigenvalue weighted by molar-refractivity contribution is -0.136. The number of pyridine rings is 1. The van der Waals surface area contributed by atoms with Gasteiger partial charge in [-0.2, -0.15) is 4.98 Å². The number of halogens is 1. The van der Waals surface area contributed by atoms with E-state index in [0.29, 0.717) is 77.8 Å². The van der Waals surface area contributed by atoms with Crippen LogP contribution in [0.5, 0.6) is 0 Å². The molecule has 0 radical (unpaired) electrons. The molecular formula is C47H53FN12O5. The number of allylic oxidation sites excluding steroid dienone is 1. The Hall–Kier alpha value is -6.50. The SMILES string of the molecule is C=CCn1c(=O)c2cnc(Nc3ccc(NCCNC4CCN(C5CN(c6cc7c(cc6F)C(=O)N(C6CCC(=O)NC6=O)C7)C5)CC4)cc3)nc2n1-c1ccc2c(n1)[C@](O)(CC)CC2. The Morgan fingerprint density at radius 1 is 0.969 bits per heavy atom. The molecule has 10 rings (SSSR count). The first kappa shape index (κ1) is 42.5. The van der Waals surface area contributed by atoms with Crippen molar-refractivity contribution in [3.63, 3.8) is 0 Å². The average Bonchev–Trinajstić information content (AvgIpc) is 3.89. The summed E-state index contributed by atoms with van der Waals surface area (Å²) in [5.74, 6) is -0.807. The average molecular weight is 885 g/mol. The number of benzene rings is 2. The van der Waals surface area contributed by atoms with Crippen molar-refractivity contribution in [2.45, 2.75) is 88.7 Å². The van der Waals surface area contributed by atoms with Gasteiger partial charge in [0.05, 0.1) is 17.9 Å². The van der Waals surface area contributed by atoms with Gasteiger partial charge in [-0.15, -0.1) is 6.58 Å². The summed E-state index contributed by atoms with van der Waals surface area (Å²) in [6.45, 7) is 11.2. The molecule has 2 aromatic carbocycles. The predicted molar refractivity (Wildman–Crippen MR) is 243 cm³/mol. The number of carbonyl (C=O) groups is 3. The van der Waals surface area contributed by atoms with Crippen LogP contribution in [0.3, 0.4) is 0 Å². The van der Waals surface area contributed by atoms with Crippen molar-refractivity contribution in [1.29, 1.82) is 0 Å². The number of aromatic nitrogens is 5. The summed E-state index contributed by atoms with van der Waals surface area (Å²) in [7, 11) is 0. The maximum absolute atomic E-state index is 15.4. The van der Waals surface area contributed by atoms with Crippen molar-refractivity contribution >= 4 is 51.8 Å². The number of anilines is 4. The summed E-state index contributed by atoms with van der Waals surface area (Å²) in [5, 5.41) is 24.4. The van der Waals surface area contributed by atoms with E-state index in [9.17, 15) is 24.3 Å². The van der Waals surface area contributed by atoms with Crippen molar-refractivity contribution in [2.24, 2.45) is 0 Å². The highest BCUT2D eigenvalue weighted by atomic mass is 19.1. The summed E-state index contributed by atoms with van der Waals surface area (Å²) >= 11 is 0. The molecule has 5 aliphatic rings. The molecule has 2 atom stereocenters. The molecule has 1 unspecified atom stereocenters. The molecule has 3 aromatic heterocycles. The quantitative estimate of drug-likeness (QED) is 0.0617. The van der Waals surface area contributed by atoms with Crippen LogP contribution in [0.15, 0.2) is 72.2 Å². The number of rotatable bonds is 14. The molecule has 0 saturated carbocycles. The fourth-order valence-corrected chi connectivity index (χ4v) is 10.1. The Morgan fingerprint density at radius 3 is 2.51 bits per heavy atom. The number of hydrogen-bond acceptors (Lipinski definition) is 13. The van der Waals surface area contributed by atoms with E-state index in [1.165, 1.54) is 21.8 Å². The molecule has 7 heterocycles. The third-order valence-corrected chi connectivity index (χ3v) is 13.9. The van der Waals surface area contributed by atoms with Crippen LogP contribution in [-0.2, 0) is 34.7 Å². The van der Waals surface area contributed by atoms with Crippen LogP contribution in [0.25, 0.3) is 16.9 Å². The molecule has 0 spiro atoms. The second-order valence-corrected chi connectivity index (χ2v) is 17.8. The van der Waals surface area contributed by atoms with Crippen molar-refractivity contribution in [3.05, 3.63) is 106 Å². The topological polar surface area (TPSA) is 195 Å². The number of piperidine rings is 2. The molecule has 4 aliphatic heterocycles. The van der Waals surface area contributed by atoms with E-state index in [-0.39, 0.29) is 48.9 Å². The van der Waals surface area contributed by atoms with Crippen molar-refractivity contribution in [1.82, 2.24) is 44.7 Å². The monoisotopic (exact) mass is 884 g/mol. The van der Waals surface area contributed by atoms with E-state index >= 15 is 4.39 Å². The van der Waals surface area contributed by atoms with Crippen molar-refractivity contribution < 1.29 is 23.9 Å². The van der Waals surface area contributed by atoms with Gasteiger partial charge in [0.25, 0.3) is 11.5 Å². The van der Waals surface area contributed by atoms with Gasteiger partial charge in [0.2, 0.25) is 17.8 Å². The van der Waals surface area contributed by atoms with Crippen molar-refractivity contribution in [3.8, 4) is 5.82 Å². The van der Waals surface area contributed by atoms with E-state index in [1.807, 2.05) is 48.2 Å². The van der Waals surface area contributed by atoms with Gasteiger partial charge >= 0.3 is 0 Å². The van der Waals surface area contributed by atoms with Crippen LogP contribution in [0.1, 0.15) is 72.6 Å². The van der Waals surface area contributed by atoms with Crippen LogP contribution in [0.4, 0.5) is 27.4 Å². The van der Waals surface area contributed by atoms with Gasteiger partial charge in [-0.3, -0.25) is 29.4 Å². The molecule has 3 saturated heterocycles. The van der Waals surface area contributed by atoms with Gasteiger partial charge in [-0.25, -0.2) is 23.7 Å². The zero-order valence-electron chi connectivity index (χ0n) is 36.4. The maximum atomic E-state index is 15.4. The molecular weight excluding hydrogens is 832 g/mol. The minimum atomic E-state index is -1.00. The van der Waals surface area contributed by atoms with Crippen LogP contribution in [0, 0.1) is 5.82 Å². The van der Waals surface area contributed by atoms with Gasteiger partial charge in [0.15, 0.2) is 11.5 Å². The molecule has 1 aliphatic carbocycles. The molecule has 17 nitrogen and oxygen atoms in total. The molecule has 5 aromatic rings. The van der Waals surface area contributed by atoms with E-state index in [4.69, 9.17) is 9.97 Å².